The lowest BCUT2D eigenvalue weighted by atomic mass is 9.91. The summed E-state index contributed by atoms with van der Waals surface area (Å²) in [5, 5.41) is 8.68. The van der Waals surface area contributed by atoms with Crippen LogP contribution in [0.15, 0.2) is 12.1 Å². The number of nitrogens with zero attached hydrogens (tertiary/aromatic N) is 1. The lowest BCUT2D eigenvalue weighted by molar-refractivity contribution is 0.568. The van der Waals surface area contributed by atoms with Crippen LogP contribution in [0, 0.1) is 16.0 Å². The highest BCUT2D eigenvalue weighted by molar-refractivity contribution is 7.71. The Labute approximate surface area is 83.2 Å². The Morgan fingerprint density at radius 1 is 1.38 bits per heavy atom. The Kier molecular flexibility index (Phi) is 2.53. The summed E-state index contributed by atoms with van der Waals surface area (Å²) in [7, 11) is 0. The van der Waals surface area contributed by atoms with Gasteiger partial charge in [-0.25, -0.2) is 0 Å². The topological polar surface area (TPSA) is 39.6 Å². The van der Waals surface area contributed by atoms with E-state index in [0.717, 1.165) is 5.69 Å². The molecule has 0 bridgehead atoms. The van der Waals surface area contributed by atoms with Crippen LogP contribution >= 0.6 is 12.2 Å². The summed E-state index contributed by atoms with van der Waals surface area (Å²) in [4.78, 5) is 3.06. The van der Waals surface area contributed by atoms with E-state index >= 15 is 0 Å². The van der Waals surface area contributed by atoms with Crippen LogP contribution in [0.5, 0.6) is 0 Å². The van der Waals surface area contributed by atoms with Crippen LogP contribution < -0.4 is 0 Å². The number of hydrogen-bond acceptors (Lipinski definition) is 2. The summed E-state index contributed by atoms with van der Waals surface area (Å²) in [6.45, 7) is 6.29. The van der Waals surface area contributed by atoms with Gasteiger partial charge in [0.25, 0.3) is 0 Å². The highest BCUT2D eigenvalue weighted by Crippen LogP contribution is 2.19. The maximum absolute atomic E-state index is 8.68. The minimum Gasteiger partial charge on any atom is -0.348 e. The zero-order valence-corrected chi connectivity index (χ0v) is 8.83. The molecule has 0 fully saturated rings. The SMILES string of the molecule is CC(C)(C)c1ccc(C#N)c(=S)[nH]1. The van der Waals surface area contributed by atoms with E-state index in [-0.39, 0.29) is 5.41 Å². The average Bonchev–Trinajstić information content (AvgIpc) is 2.02. The number of hydrogen-bond donors (Lipinski definition) is 1. The van der Waals surface area contributed by atoms with E-state index < -0.39 is 0 Å². The molecule has 3 heteroatoms. The third-order valence-electron chi connectivity index (χ3n) is 1.84. The van der Waals surface area contributed by atoms with Crippen molar-refractivity contribution in [3.63, 3.8) is 0 Å². The molecule has 1 aromatic heterocycles. The van der Waals surface area contributed by atoms with Crippen molar-refractivity contribution < 1.29 is 0 Å². The van der Waals surface area contributed by atoms with E-state index in [4.69, 9.17) is 17.5 Å². The monoisotopic (exact) mass is 192 g/mol. The summed E-state index contributed by atoms with van der Waals surface area (Å²) < 4.78 is 0.523. The fourth-order valence-electron chi connectivity index (χ4n) is 0.999. The average molecular weight is 192 g/mol. The Morgan fingerprint density at radius 2 is 2.00 bits per heavy atom. The van der Waals surface area contributed by atoms with Gasteiger partial charge in [0.05, 0.1) is 5.56 Å². The minimum atomic E-state index is 0.0432. The highest BCUT2D eigenvalue weighted by atomic mass is 32.1. The first-order valence-electron chi connectivity index (χ1n) is 4.09. The van der Waals surface area contributed by atoms with Gasteiger partial charge in [-0.3, -0.25) is 0 Å². The van der Waals surface area contributed by atoms with Crippen LogP contribution in [0.4, 0.5) is 0 Å². The first kappa shape index (κ1) is 9.94. The van der Waals surface area contributed by atoms with Crippen LogP contribution in [-0.4, -0.2) is 4.98 Å². The number of pyridine rings is 1. The van der Waals surface area contributed by atoms with Gasteiger partial charge in [0, 0.05) is 11.1 Å². The number of rotatable bonds is 0. The maximum Gasteiger partial charge on any atom is 0.121 e. The molecule has 1 N–H and O–H groups in total. The van der Waals surface area contributed by atoms with Gasteiger partial charge in [-0.05, 0) is 12.1 Å². The number of nitrogens with one attached hydrogen (secondary N) is 1. The Balaban J connectivity index is 3.28. The van der Waals surface area contributed by atoms with E-state index in [2.05, 4.69) is 25.8 Å². The van der Waals surface area contributed by atoms with Crippen molar-refractivity contribution in [1.82, 2.24) is 4.98 Å². The molecule has 0 aliphatic carbocycles. The summed E-state index contributed by atoms with van der Waals surface area (Å²) in [6.07, 6.45) is 0. The maximum atomic E-state index is 8.68. The quantitative estimate of drug-likeness (QED) is 0.642. The Morgan fingerprint density at radius 3 is 2.38 bits per heavy atom. The molecule has 0 spiro atoms. The van der Waals surface area contributed by atoms with Gasteiger partial charge in [0.1, 0.15) is 10.7 Å². The van der Waals surface area contributed by atoms with Gasteiger partial charge in [-0.15, -0.1) is 0 Å². The van der Waals surface area contributed by atoms with Crippen LogP contribution in [-0.2, 0) is 5.41 Å². The van der Waals surface area contributed by atoms with Crippen molar-refractivity contribution >= 4 is 12.2 Å². The number of aromatic nitrogens is 1. The summed E-state index contributed by atoms with van der Waals surface area (Å²) >= 11 is 5.03. The standard InChI is InChI=1S/C10H12N2S/c1-10(2,3)8-5-4-7(6-11)9(13)12-8/h4-5H,1-3H3,(H,12,13). The third kappa shape index (κ3) is 2.16. The molecule has 1 heterocycles. The van der Waals surface area contributed by atoms with Gasteiger partial charge >= 0.3 is 0 Å². The molecule has 1 aromatic rings. The Bertz CT molecular complexity index is 404. The molecule has 68 valence electrons. The third-order valence-corrected chi connectivity index (χ3v) is 2.16. The van der Waals surface area contributed by atoms with Crippen LogP contribution in [0.2, 0.25) is 0 Å². The number of nitriles is 1. The van der Waals surface area contributed by atoms with Crippen molar-refractivity contribution in [2.75, 3.05) is 0 Å². The van der Waals surface area contributed by atoms with E-state index in [9.17, 15) is 0 Å². The molecule has 0 aromatic carbocycles. The van der Waals surface area contributed by atoms with Gasteiger partial charge < -0.3 is 4.98 Å². The van der Waals surface area contributed by atoms with E-state index in [0.29, 0.717) is 10.2 Å². The molecule has 0 aliphatic rings. The van der Waals surface area contributed by atoms with Crippen LogP contribution in [0.1, 0.15) is 32.0 Å². The van der Waals surface area contributed by atoms with E-state index in [1.807, 2.05) is 12.1 Å². The van der Waals surface area contributed by atoms with Crippen LogP contribution in [0.3, 0.4) is 0 Å². The fourth-order valence-corrected chi connectivity index (χ4v) is 1.22. The van der Waals surface area contributed by atoms with Crippen molar-refractivity contribution in [3.8, 4) is 6.07 Å². The zero-order valence-electron chi connectivity index (χ0n) is 8.01. The van der Waals surface area contributed by atoms with Gasteiger partial charge in [0.2, 0.25) is 0 Å². The van der Waals surface area contributed by atoms with E-state index in [1.165, 1.54) is 0 Å². The second kappa shape index (κ2) is 3.31. The molecule has 1 rings (SSSR count). The molecular formula is C10H12N2S. The highest BCUT2D eigenvalue weighted by Gasteiger charge is 2.14. The molecule has 0 saturated carbocycles. The van der Waals surface area contributed by atoms with Crippen molar-refractivity contribution in [3.05, 3.63) is 28.0 Å². The molecule has 0 amide bonds. The van der Waals surface area contributed by atoms with E-state index in [1.54, 1.807) is 6.07 Å². The minimum absolute atomic E-state index is 0.0432. The predicted molar refractivity (Wildman–Crippen MR) is 55.0 cm³/mol. The molecule has 13 heavy (non-hydrogen) atoms. The lowest BCUT2D eigenvalue weighted by Gasteiger charge is -2.18. The van der Waals surface area contributed by atoms with Crippen molar-refractivity contribution in [2.45, 2.75) is 26.2 Å². The van der Waals surface area contributed by atoms with Crippen molar-refractivity contribution in [2.24, 2.45) is 0 Å². The molecule has 0 atom stereocenters. The predicted octanol–water partition coefficient (Wildman–Crippen LogP) is 2.91. The summed E-state index contributed by atoms with van der Waals surface area (Å²) in [5.74, 6) is 0. The Hall–Kier alpha value is -1.14. The molecule has 0 radical (unpaired) electrons. The zero-order chi connectivity index (χ0) is 10.1. The number of aromatic amines is 1. The van der Waals surface area contributed by atoms with Gasteiger partial charge in [-0.2, -0.15) is 5.26 Å². The first-order valence-corrected chi connectivity index (χ1v) is 4.50. The molecular weight excluding hydrogens is 180 g/mol. The van der Waals surface area contributed by atoms with Crippen LogP contribution in [0.25, 0.3) is 0 Å². The van der Waals surface area contributed by atoms with Gasteiger partial charge in [-0.1, -0.05) is 33.0 Å². The summed E-state index contributed by atoms with van der Waals surface area (Å²) in [5.41, 5.74) is 1.63. The lowest BCUT2D eigenvalue weighted by Crippen LogP contribution is -2.13. The molecule has 0 saturated heterocycles. The largest absolute Gasteiger partial charge is 0.348 e. The van der Waals surface area contributed by atoms with Crippen molar-refractivity contribution in [1.29, 1.82) is 5.26 Å². The normalized spacial score (nSPS) is 10.9. The smallest absolute Gasteiger partial charge is 0.121 e. The molecule has 0 aliphatic heterocycles. The second-order valence-corrected chi connectivity index (χ2v) is 4.38. The molecule has 2 nitrogen and oxygen atoms in total. The fraction of sp³-hybridized carbons (Fsp3) is 0.400. The first-order chi connectivity index (χ1) is 5.95. The summed E-state index contributed by atoms with van der Waals surface area (Å²) in [6, 6.07) is 5.71. The molecule has 0 unspecified atom stereocenters. The second-order valence-electron chi connectivity index (χ2n) is 3.98. The number of H-pyrrole nitrogens is 1. The van der Waals surface area contributed by atoms with Gasteiger partial charge in [0.15, 0.2) is 0 Å².